The van der Waals surface area contributed by atoms with Crippen LogP contribution in [0.2, 0.25) is 0 Å². The van der Waals surface area contributed by atoms with Crippen molar-refractivity contribution in [2.45, 2.75) is 18.4 Å². The third-order valence-corrected chi connectivity index (χ3v) is 2.54. The van der Waals surface area contributed by atoms with Gasteiger partial charge in [0, 0.05) is 30.9 Å². The topological polar surface area (TPSA) is 63.8 Å². The van der Waals surface area contributed by atoms with Gasteiger partial charge in [-0.1, -0.05) is 0 Å². The number of aromatic nitrogens is 2. The van der Waals surface area contributed by atoms with Crippen LogP contribution in [0.1, 0.15) is 17.9 Å². The average Bonchev–Trinajstić information content (AvgIpc) is 2.20. The Bertz CT molecular complexity index is 262. The Hall–Kier alpha value is -1.00. The summed E-state index contributed by atoms with van der Waals surface area (Å²) in [6.07, 6.45) is 6.28. The average molecular weight is 178 g/mol. The predicted octanol–water partition coefficient (Wildman–Crippen LogP) is -0.119. The lowest BCUT2D eigenvalue weighted by atomic mass is 9.89. The van der Waals surface area contributed by atoms with Crippen LogP contribution in [0.5, 0.6) is 0 Å². The predicted molar refractivity (Wildman–Crippen MR) is 50.2 cm³/mol. The second-order valence-electron chi connectivity index (χ2n) is 3.43. The van der Waals surface area contributed by atoms with E-state index in [4.69, 9.17) is 5.73 Å². The van der Waals surface area contributed by atoms with E-state index in [0.29, 0.717) is 5.92 Å². The first-order valence-corrected chi connectivity index (χ1v) is 4.59. The number of hydrogen-bond donors (Lipinski definition) is 2. The molecule has 4 heteroatoms. The highest BCUT2D eigenvalue weighted by molar-refractivity contribution is 5.14. The molecule has 3 N–H and O–H groups in total. The summed E-state index contributed by atoms with van der Waals surface area (Å²) in [6.45, 7) is 1.96. The molecule has 0 saturated carbocycles. The third kappa shape index (κ3) is 1.84. The van der Waals surface area contributed by atoms with Crippen molar-refractivity contribution in [2.24, 2.45) is 5.73 Å². The first-order chi connectivity index (χ1) is 6.38. The van der Waals surface area contributed by atoms with Crippen molar-refractivity contribution in [1.29, 1.82) is 0 Å². The summed E-state index contributed by atoms with van der Waals surface area (Å²) in [6, 6.07) is 0.243. The number of nitrogens with one attached hydrogen (secondary N) is 1. The molecule has 0 spiro atoms. The summed E-state index contributed by atoms with van der Waals surface area (Å²) in [4.78, 5) is 8.00. The van der Waals surface area contributed by atoms with Gasteiger partial charge in [0.25, 0.3) is 0 Å². The fourth-order valence-electron chi connectivity index (χ4n) is 1.75. The van der Waals surface area contributed by atoms with Crippen molar-refractivity contribution in [2.75, 3.05) is 13.1 Å². The van der Waals surface area contributed by atoms with Crippen molar-refractivity contribution in [1.82, 2.24) is 15.3 Å². The van der Waals surface area contributed by atoms with Gasteiger partial charge in [0.05, 0.1) is 0 Å². The smallest absolute Gasteiger partial charge is 0.115 e. The van der Waals surface area contributed by atoms with Gasteiger partial charge in [0.2, 0.25) is 0 Å². The molecule has 1 aliphatic rings. The van der Waals surface area contributed by atoms with Crippen molar-refractivity contribution in [3.8, 4) is 0 Å². The summed E-state index contributed by atoms with van der Waals surface area (Å²) < 4.78 is 0. The standard InChI is InChI=1S/C9H14N4/c10-9-1-2-11-5-8(9)7-3-12-6-13-4-7/h3-4,6,8-9,11H,1-2,5,10H2. The SMILES string of the molecule is NC1CCNCC1c1cncnc1. The Morgan fingerprint density at radius 3 is 2.85 bits per heavy atom. The van der Waals surface area contributed by atoms with E-state index in [-0.39, 0.29) is 6.04 Å². The molecule has 4 nitrogen and oxygen atoms in total. The Morgan fingerprint density at radius 1 is 1.38 bits per heavy atom. The van der Waals surface area contributed by atoms with E-state index in [1.54, 1.807) is 6.33 Å². The van der Waals surface area contributed by atoms with E-state index in [1.165, 1.54) is 0 Å². The molecule has 0 bridgehead atoms. The summed E-state index contributed by atoms with van der Waals surface area (Å²) in [7, 11) is 0. The van der Waals surface area contributed by atoms with E-state index in [0.717, 1.165) is 25.1 Å². The molecule has 2 rings (SSSR count). The van der Waals surface area contributed by atoms with Crippen LogP contribution in [0.3, 0.4) is 0 Å². The second-order valence-corrected chi connectivity index (χ2v) is 3.43. The Balaban J connectivity index is 2.15. The number of piperidine rings is 1. The van der Waals surface area contributed by atoms with Crippen LogP contribution in [0, 0.1) is 0 Å². The Morgan fingerprint density at radius 2 is 2.15 bits per heavy atom. The van der Waals surface area contributed by atoms with E-state index >= 15 is 0 Å². The van der Waals surface area contributed by atoms with E-state index in [9.17, 15) is 0 Å². The minimum absolute atomic E-state index is 0.243. The van der Waals surface area contributed by atoms with Crippen molar-refractivity contribution in [3.63, 3.8) is 0 Å². The third-order valence-electron chi connectivity index (χ3n) is 2.54. The highest BCUT2D eigenvalue weighted by atomic mass is 14.9. The van der Waals surface area contributed by atoms with Crippen molar-refractivity contribution in [3.05, 3.63) is 24.3 Å². The zero-order valence-electron chi connectivity index (χ0n) is 7.48. The van der Waals surface area contributed by atoms with Gasteiger partial charge in [-0.2, -0.15) is 0 Å². The van der Waals surface area contributed by atoms with Crippen LogP contribution >= 0.6 is 0 Å². The van der Waals surface area contributed by atoms with E-state index in [2.05, 4.69) is 15.3 Å². The number of hydrogen-bond acceptors (Lipinski definition) is 4. The highest BCUT2D eigenvalue weighted by Crippen LogP contribution is 2.20. The molecule has 2 atom stereocenters. The molecule has 1 aromatic heterocycles. The molecule has 1 aromatic rings. The van der Waals surface area contributed by atoms with Gasteiger partial charge < -0.3 is 11.1 Å². The first-order valence-electron chi connectivity index (χ1n) is 4.59. The Kier molecular flexibility index (Phi) is 2.52. The minimum Gasteiger partial charge on any atom is -0.327 e. The van der Waals surface area contributed by atoms with Gasteiger partial charge in [-0.3, -0.25) is 0 Å². The van der Waals surface area contributed by atoms with Crippen molar-refractivity contribution < 1.29 is 0 Å². The molecule has 2 heterocycles. The minimum atomic E-state index is 0.243. The maximum atomic E-state index is 6.02. The highest BCUT2D eigenvalue weighted by Gasteiger charge is 2.23. The quantitative estimate of drug-likeness (QED) is 0.629. The summed E-state index contributed by atoms with van der Waals surface area (Å²) in [5.74, 6) is 0.370. The zero-order valence-corrected chi connectivity index (χ0v) is 7.48. The van der Waals surface area contributed by atoms with Gasteiger partial charge >= 0.3 is 0 Å². The van der Waals surface area contributed by atoms with E-state index in [1.807, 2.05) is 12.4 Å². The van der Waals surface area contributed by atoms with Gasteiger partial charge in [-0.15, -0.1) is 0 Å². The molecule has 13 heavy (non-hydrogen) atoms. The molecule has 0 amide bonds. The maximum absolute atomic E-state index is 6.02. The molecular weight excluding hydrogens is 164 g/mol. The monoisotopic (exact) mass is 178 g/mol. The second kappa shape index (κ2) is 3.81. The maximum Gasteiger partial charge on any atom is 0.115 e. The first kappa shape index (κ1) is 8.59. The number of rotatable bonds is 1. The van der Waals surface area contributed by atoms with Crippen LogP contribution in [0.4, 0.5) is 0 Å². The molecule has 1 saturated heterocycles. The zero-order chi connectivity index (χ0) is 9.10. The lowest BCUT2D eigenvalue weighted by Gasteiger charge is -2.29. The fourth-order valence-corrected chi connectivity index (χ4v) is 1.75. The summed E-state index contributed by atoms with van der Waals surface area (Å²) in [5.41, 5.74) is 7.16. The summed E-state index contributed by atoms with van der Waals surface area (Å²) >= 11 is 0. The lowest BCUT2D eigenvalue weighted by Crippen LogP contribution is -2.43. The van der Waals surface area contributed by atoms with Gasteiger partial charge in [-0.05, 0) is 18.5 Å². The van der Waals surface area contributed by atoms with Crippen LogP contribution in [-0.2, 0) is 0 Å². The number of nitrogens with two attached hydrogens (primary N) is 1. The molecular formula is C9H14N4. The van der Waals surface area contributed by atoms with Crippen LogP contribution in [0.25, 0.3) is 0 Å². The van der Waals surface area contributed by atoms with Crippen molar-refractivity contribution >= 4 is 0 Å². The van der Waals surface area contributed by atoms with Gasteiger partial charge in [-0.25, -0.2) is 9.97 Å². The molecule has 1 fully saturated rings. The largest absolute Gasteiger partial charge is 0.327 e. The van der Waals surface area contributed by atoms with Crippen LogP contribution < -0.4 is 11.1 Å². The van der Waals surface area contributed by atoms with E-state index < -0.39 is 0 Å². The molecule has 0 aliphatic carbocycles. The lowest BCUT2D eigenvalue weighted by molar-refractivity contribution is 0.401. The summed E-state index contributed by atoms with van der Waals surface area (Å²) in [5, 5.41) is 3.33. The van der Waals surface area contributed by atoms with Crippen LogP contribution in [-0.4, -0.2) is 29.1 Å². The Labute approximate surface area is 77.6 Å². The normalized spacial score (nSPS) is 28.7. The molecule has 0 aromatic carbocycles. The molecule has 2 unspecified atom stereocenters. The number of nitrogens with zero attached hydrogens (tertiary/aromatic N) is 2. The van der Waals surface area contributed by atoms with Crippen LogP contribution in [0.15, 0.2) is 18.7 Å². The molecule has 70 valence electrons. The fraction of sp³-hybridized carbons (Fsp3) is 0.556. The van der Waals surface area contributed by atoms with Gasteiger partial charge in [0.1, 0.15) is 6.33 Å². The molecule has 0 radical (unpaired) electrons. The molecule has 1 aliphatic heterocycles. The van der Waals surface area contributed by atoms with Gasteiger partial charge in [0.15, 0.2) is 0 Å².